The molecule has 1 nitrogen and oxygen atoms in total. The summed E-state index contributed by atoms with van der Waals surface area (Å²) >= 11 is 0. The Morgan fingerprint density at radius 1 is 1.12 bits per heavy atom. The first-order chi connectivity index (χ1) is 11.6. The second kappa shape index (κ2) is 6.29. The average Bonchev–Trinajstić information content (AvgIpc) is 3.42. The van der Waals surface area contributed by atoms with E-state index in [-0.39, 0.29) is 0 Å². The lowest BCUT2D eigenvalue weighted by molar-refractivity contribution is 0.0208. The molecule has 4 rings (SSSR count). The lowest BCUT2D eigenvalue weighted by Gasteiger charge is -2.47. The van der Waals surface area contributed by atoms with Crippen molar-refractivity contribution in [2.24, 2.45) is 40.4 Å². The molecule has 0 aromatic carbocycles. The molecule has 6 atom stereocenters. The van der Waals surface area contributed by atoms with Gasteiger partial charge in [0.15, 0.2) is 0 Å². The Labute approximate surface area is 150 Å². The largest absolute Gasteiger partial charge is 0.314 e. The zero-order valence-electron chi connectivity index (χ0n) is 16.7. The summed E-state index contributed by atoms with van der Waals surface area (Å²) in [5, 5.41) is 3.69. The van der Waals surface area contributed by atoms with Crippen molar-refractivity contribution in [2.75, 3.05) is 6.54 Å². The Morgan fingerprint density at radius 3 is 2.33 bits per heavy atom. The standard InChI is InChI=1S/C23H41N/c1-5-16(3)21(18-8-7-9-18)23(11-12-23)22(6-2)15-20(22)14-19-10-13-24-17(19)4/h16-21,24H,5-15H2,1-4H3. The fraction of sp³-hybridized carbons (Fsp3) is 1.00. The molecule has 24 heavy (non-hydrogen) atoms. The summed E-state index contributed by atoms with van der Waals surface area (Å²) in [6, 6.07) is 0.771. The minimum atomic E-state index is 0.749. The molecular formula is C23H41N. The third-order valence-corrected chi connectivity index (χ3v) is 9.47. The molecule has 0 aromatic rings. The SMILES string of the molecule is CCC(C)C(C1CCC1)C1(C2(CC)CC2CC2CCNC2C)CC1. The van der Waals surface area contributed by atoms with Crippen LogP contribution in [0.5, 0.6) is 0 Å². The monoisotopic (exact) mass is 331 g/mol. The second-order valence-electron chi connectivity index (χ2n) is 10.2. The quantitative estimate of drug-likeness (QED) is 0.572. The normalized spacial score (nSPS) is 43.2. The molecule has 3 aliphatic carbocycles. The van der Waals surface area contributed by atoms with Crippen LogP contribution in [0.4, 0.5) is 0 Å². The summed E-state index contributed by atoms with van der Waals surface area (Å²) in [7, 11) is 0. The predicted molar refractivity (Wildman–Crippen MR) is 103 cm³/mol. The molecule has 4 aliphatic rings. The van der Waals surface area contributed by atoms with Gasteiger partial charge in [0.1, 0.15) is 0 Å². The number of hydrogen-bond acceptors (Lipinski definition) is 1. The predicted octanol–water partition coefficient (Wildman–Crippen LogP) is 6.03. The molecule has 0 spiro atoms. The van der Waals surface area contributed by atoms with E-state index in [4.69, 9.17) is 0 Å². The van der Waals surface area contributed by atoms with Crippen molar-refractivity contribution in [1.29, 1.82) is 0 Å². The molecule has 1 saturated heterocycles. The highest BCUT2D eigenvalue weighted by molar-refractivity contribution is 5.21. The van der Waals surface area contributed by atoms with Crippen LogP contribution in [-0.2, 0) is 0 Å². The van der Waals surface area contributed by atoms with Crippen molar-refractivity contribution < 1.29 is 0 Å². The van der Waals surface area contributed by atoms with Gasteiger partial charge in [0, 0.05) is 6.04 Å². The zero-order chi connectivity index (χ0) is 16.9. The first-order valence-electron chi connectivity index (χ1n) is 11.3. The summed E-state index contributed by atoms with van der Waals surface area (Å²) < 4.78 is 0. The molecule has 0 radical (unpaired) electrons. The summed E-state index contributed by atoms with van der Waals surface area (Å²) in [4.78, 5) is 0. The highest BCUT2D eigenvalue weighted by Gasteiger charge is 2.73. The van der Waals surface area contributed by atoms with Crippen LogP contribution in [0.3, 0.4) is 0 Å². The van der Waals surface area contributed by atoms with E-state index in [0.29, 0.717) is 0 Å². The third kappa shape index (κ3) is 2.51. The maximum Gasteiger partial charge on any atom is 0.00675 e. The van der Waals surface area contributed by atoms with Gasteiger partial charge in [-0.2, -0.15) is 0 Å². The summed E-state index contributed by atoms with van der Waals surface area (Å²) in [6.45, 7) is 11.3. The molecule has 0 aromatic heterocycles. The molecule has 138 valence electrons. The summed E-state index contributed by atoms with van der Waals surface area (Å²) in [5.41, 5.74) is 1.52. The van der Waals surface area contributed by atoms with Crippen molar-refractivity contribution in [2.45, 2.75) is 97.9 Å². The van der Waals surface area contributed by atoms with Gasteiger partial charge in [-0.05, 0) is 92.4 Å². The van der Waals surface area contributed by atoms with E-state index < -0.39 is 0 Å². The van der Waals surface area contributed by atoms with E-state index in [1.54, 1.807) is 32.1 Å². The highest BCUT2D eigenvalue weighted by atomic mass is 14.9. The third-order valence-electron chi connectivity index (χ3n) is 9.47. The molecule has 3 saturated carbocycles. The van der Waals surface area contributed by atoms with Crippen molar-refractivity contribution in [3.63, 3.8) is 0 Å². The van der Waals surface area contributed by atoms with Crippen LogP contribution in [0.1, 0.15) is 91.9 Å². The Morgan fingerprint density at radius 2 is 1.88 bits per heavy atom. The average molecular weight is 332 g/mol. The molecule has 1 heterocycles. The molecular weight excluding hydrogens is 290 g/mol. The van der Waals surface area contributed by atoms with Gasteiger partial charge >= 0.3 is 0 Å². The van der Waals surface area contributed by atoms with Crippen LogP contribution in [0.15, 0.2) is 0 Å². The first kappa shape index (κ1) is 17.4. The maximum absolute atomic E-state index is 3.69. The van der Waals surface area contributed by atoms with Crippen LogP contribution in [0.2, 0.25) is 0 Å². The van der Waals surface area contributed by atoms with E-state index in [2.05, 4.69) is 33.0 Å². The summed E-state index contributed by atoms with van der Waals surface area (Å²) in [5.74, 6) is 5.11. The van der Waals surface area contributed by atoms with Gasteiger partial charge in [0.25, 0.3) is 0 Å². The second-order valence-corrected chi connectivity index (χ2v) is 10.2. The molecule has 0 amide bonds. The molecule has 1 heteroatoms. The molecule has 1 N–H and O–H groups in total. The fourth-order valence-corrected chi connectivity index (χ4v) is 7.50. The molecule has 0 bridgehead atoms. The maximum atomic E-state index is 3.69. The van der Waals surface area contributed by atoms with Gasteiger partial charge < -0.3 is 5.32 Å². The molecule has 4 fully saturated rings. The fourth-order valence-electron chi connectivity index (χ4n) is 7.50. The van der Waals surface area contributed by atoms with E-state index in [1.807, 2.05) is 0 Å². The molecule has 1 aliphatic heterocycles. The van der Waals surface area contributed by atoms with E-state index >= 15 is 0 Å². The minimum absolute atomic E-state index is 0.749. The van der Waals surface area contributed by atoms with Crippen LogP contribution >= 0.6 is 0 Å². The Kier molecular flexibility index (Phi) is 4.55. The van der Waals surface area contributed by atoms with Gasteiger partial charge in [0.05, 0.1) is 0 Å². The zero-order valence-corrected chi connectivity index (χ0v) is 16.7. The number of hydrogen-bond donors (Lipinski definition) is 1. The van der Waals surface area contributed by atoms with Gasteiger partial charge in [-0.3, -0.25) is 0 Å². The van der Waals surface area contributed by atoms with E-state index in [0.717, 1.165) is 46.5 Å². The van der Waals surface area contributed by atoms with Crippen LogP contribution in [0.25, 0.3) is 0 Å². The topological polar surface area (TPSA) is 12.0 Å². The van der Waals surface area contributed by atoms with Crippen LogP contribution < -0.4 is 5.32 Å². The molecule has 6 unspecified atom stereocenters. The first-order valence-corrected chi connectivity index (χ1v) is 11.3. The van der Waals surface area contributed by atoms with Gasteiger partial charge in [0.2, 0.25) is 0 Å². The Balaban J connectivity index is 1.51. The minimum Gasteiger partial charge on any atom is -0.314 e. The van der Waals surface area contributed by atoms with Gasteiger partial charge in [-0.1, -0.05) is 46.5 Å². The van der Waals surface area contributed by atoms with Gasteiger partial charge in [-0.15, -0.1) is 0 Å². The Bertz CT molecular complexity index is 444. The van der Waals surface area contributed by atoms with E-state index in [1.165, 1.54) is 38.6 Å². The lowest BCUT2D eigenvalue weighted by Crippen LogP contribution is -2.40. The Hall–Kier alpha value is -0.0400. The van der Waals surface area contributed by atoms with Crippen molar-refractivity contribution in [3.8, 4) is 0 Å². The van der Waals surface area contributed by atoms with Crippen molar-refractivity contribution in [1.82, 2.24) is 5.32 Å². The van der Waals surface area contributed by atoms with Crippen LogP contribution in [-0.4, -0.2) is 12.6 Å². The summed E-state index contributed by atoms with van der Waals surface area (Å²) in [6.07, 6.45) is 15.2. The smallest absolute Gasteiger partial charge is 0.00675 e. The number of rotatable bonds is 8. The van der Waals surface area contributed by atoms with E-state index in [9.17, 15) is 0 Å². The lowest BCUT2D eigenvalue weighted by atomic mass is 9.58. The van der Waals surface area contributed by atoms with Crippen molar-refractivity contribution >= 4 is 0 Å². The van der Waals surface area contributed by atoms with Crippen molar-refractivity contribution in [3.05, 3.63) is 0 Å². The number of nitrogens with one attached hydrogen (secondary N) is 1. The highest BCUT2D eigenvalue weighted by Crippen LogP contribution is 2.80. The van der Waals surface area contributed by atoms with Gasteiger partial charge in [-0.25, -0.2) is 0 Å². The van der Waals surface area contributed by atoms with Crippen LogP contribution in [0, 0.1) is 40.4 Å².